The Kier molecular flexibility index (Phi) is 2.69. The van der Waals surface area contributed by atoms with Crippen molar-refractivity contribution in [2.24, 2.45) is 5.73 Å². The Bertz CT molecular complexity index is 392. The standard InChI is InChI=1S/C7H6F3N3O2/c8-7(9,10)15-5-1-4(6(12)14)13-2-3(5)11/h1-2H,11H2,(H2,12,14). The van der Waals surface area contributed by atoms with Crippen LogP contribution in [0.15, 0.2) is 12.3 Å². The topological polar surface area (TPSA) is 91.2 Å². The van der Waals surface area contributed by atoms with Gasteiger partial charge in [0, 0.05) is 6.07 Å². The minimum Gasteiger partial charge on any atom is -0.403 e. The molecule has 0 bridgehead atoms. The number of nitrogens with zero attached hydrogens (tertiary/aromatic N) is 1. The number of alkyl halides is 3. The third-order valence-electron chi connectivity index (χ3n) is 1.37. The van der Waals surface area contributed by atoms with Crippen LogP contribution in [0.5, 0.6) is 5.75 Å². The van der Waals surface area contributed by atoms with Crippen LogP contribution < -0.4 is 16.2 Å². The van der Waals surface area contributed by atoms with Crippen molar-refractivity contribution in [1.82, 2.24) is 4.98 Å². The number of anilines is 1. The van der Waals surface area contributed by atoms with E-state index >= 15 is 0 Å². The van der Waals surface area contributed by atoms with Gasteiger partial charge in [-0.2, -0.15) is 0 Å². The fraction of sp³-hybridized carbons (Fsp3) is 0.143. The molecule has 1 rings (SSSR count). The normalized spacial score (nSPS) is 11.1. The Morgan fingerprint density at radius 2 is 2.07 bits per heavy atom. The lowest BCUT2D eigenvalue weighted by Gasteiger charge is -2.10. The second kappa shape index (κ2) is 3.64. The Morgan fingerprint density at radius 3 is 2.53 bits per heavy atom. The van der Waals surface area contributed by atoms with Gasteiger partial charge in [0.1, 0.15) is 5.69 Å². The number of rotatable bonds is 2. The molecule has 8 heteroatoms. The molecule has 1 aromatic rings. The summed E-state index contributed by atoms with van der Waals surface area (Å²) in [5.74, 6) is -1.67. The van der Waals surface area contributed by atoms with E-state index in [-0.39, 0.29) is 11.4 Å². The molecule has 0 unspecified atom stereocenters. The molecule has 0 atom stereocenters. The summed E-state index contributed by atoms with van der Waals surface area (Å²) >= 11 is 0. The van der Waals surface area contributed by atoms with Gasteiger partial charge < -0.3 is 16.2 Å². The minimum atomic E-state index is -4.88. The van der Waals surface area contributed by atoms with E-state index in [0.29, 0.717) is 0 Å². The van der Waals surface area contributed by atoms with Gasteiger partial charge >= 0.3 is 6.36 Å². The average Bonchev–Trinajstić information content (AvgIpc) is 2.06. The largest absolute Gasteiger partial charge is 0.573 e. The van der Waals surface area contributed by atoms with Crippen LogP contribution >= 0.6 is 0 Å². The summed E-state index contributed by atoms with van der Waals surface area (Å²) in [6.45, 7) is 0. The molecule has 0 aliphatic heterocycles. The fourth-order valence-corrected chi connectivity index (χ4v) is 0.795. The van der Waals surface area contributed by atoms with Crippen LogP contribution in [0.25, 0.3) is 0 Å². The van der Waals surface area contributed by atoms with Crippen molar-refractivity contribution < 1.29 is 22.7 Å². The van der Waals surface area contributed by atoms with Crippen molar-refractivity contribution >= 4 is 11.6 Å². The zero-order valence-electron chi connectivity index (χ0n) is 7.21. The number of aromatic nitrogens is 1. The molecule has 1 aromatic heterocycles. The van der Waals surface area contributed by atoms with E-state index in [0.717, 1.165) is 12.3 Å². The lowest BCUT2D eigenvalue weighted by Crippen LogP contribution is -2.19. The first-order chi connectivity index (χ1) is 6.79. The first-order valence-electron chi connectivity index (χ1n) is 3.60. The van der Waals surface area contributed by atoms with Crippen molar-refractivity contribution in [2.75, 3.05) is 5.73 Å². The van der Waals surface area contributed by atoms with Crippen molar-refractivity contribution in [3.05, 3.63) is 18.0 Å². The van der Waals surface area contributed by atoms with Crippen molar-refractivity contribution in [2.45, 2.75) is 6.36 Å². The van der Waals surface area contributed by atoms with Crippen LogP contribution in [-0.4, -0.2) is 17.3 Å². The summed E-state index contributed by atoms with van der Waals surface area (Å²) in [6.07, 6.45) is -4.02. The molecule has 1 amide bonds. The summed E-state index contributed by atoms with van der Waals surface area (Å²) in [4.78, 5) is 14.0. The second-order valence-electron chi connectivity index (χ2n) is 2.52. The Hall–Kier alpha value is -1.99. The number of ether oxygens (including phenoxy) is 1. The lowest BCUT2D eigenvalue weighted by atomic mass is 10.3. The summed E-state index contributed by atoms with van der Waals surface area (Å²) in [7, 11) is 0. The van der Waals surface area contributed by atoms with Crippen molar-refractivity contribution in [1.29, 1.82) is 0 Å². The first-order valence-corrected chi connectivity index (χ1v) is 3.60. The smallest absolute Gasteiger partial charge is 0.403 e. The molecular weight excluding hydrogens is 215 g/mol. The van der Waals surface area contributed by atoms with E-state index in [4.69, 9.17) is 11.5 Å². The SMILES string of the molecule is NC(=O)c1cc(OC(F)(F)F)c(N)cn1. The van der Waals surface area contributed by atoms with Crippen LogP contribution in [0, 0.1) is 0 Å². The van der Waals surface area contributed by atoms with E-state index in [1.165, 1.54) is 0 Å². The molecule has 0 radical (unpaired) electrons. The van der Waals surface area contributed by atoms with Crippen LogP contribution in [0.1, 0.15) is 10.5 Å². The number of halogens is 3. The van der Waals surface area contributed by atoms with Crippen LogP contribution in [0.3, 0.4) is 0 Å². The molecule has 0 spiro atoms. The number of amides is 1. The monoisotopic (exact) mass is 221 g/mol. The highest BCUT2D eigenvalue weighted by Gasteiger charge is 2.32. The van der Waals surface area contributed by atoms with Gasteiger partial charge in [0.25, 0.3) is 5.91 Å². The van der Waals surface area contributed by atoms with Gasteiger partial charge in [-0.15, -0.1) is 13.2 Å². The third-order valence-corrected chi connectivity index (χ3v) is 1.37. The summed E-state index contributed by atoms with van der Waals surface area (Å²) < 4.78 is 39.1. The Balaban J connectivity index is 3.06. The number of carbonyl (C=O) groups is 1. The van der Waals surface area contributed by atoms with Crippen LogP contribution in [0.4, 0.5) is 18.9 Å². The molecule has 0 saturated carbocycles. The van der Waals surface area contributed by atoms with Gasteiger partial charge in [0.15, 0.2) is 5.75 Å². The van der Waals surface area contributed by atoms with Crippen molar-refractivity contribution in [3.63, 3.8) is 0 Å². The molecule has 5 nitrogen and oxygen atoms in total. The molecule has 4 N–H and O–H groups in total. The molecule has 0 fully saturated rings. The fourth-order valence-electron chi connectivity index (χ4n) is 0.795. The maximum absolute atomic E-state index is 11.8. The van der Waals surface area contributed by atoms with Gasteiger partial charge in [-0.1, -0.05) is 0 Å². The van der Waals surface area contributed by atoms with Gasteiger partial charge in [0.2, 0.25) is 0 Å². The number of nitrogen functional groups attached to an aromatic ring is 1. The molecule has 0 aromatic carbocycles. The lowest BCUT2D eigenvalue weighted by molar-refractivity contribution is -0.274. The molecule has 0 aliphatic carbocycles. The Labute approximate surface area is 81.8 Å². The van der Waals surface area contributed by atoms with Crippen LogP contribution in [0.2, 0.25) is 0 Å². The quantitative estimate of drug-likeness (QED) is 0.767. The van der Waals surface area contributed by atoms with Gasteiger partial charge in [-0.25, -0.2) is 4.98 Å². The number of pyridine rings is 1. The molecule has 15 heavy (non-hydrogen) atoms. The zero-order chi connectivity index (χ0) is 11.6. The highest BCUT2D eigenvalue weighted by molar-refractivity contribution is 5.91. The molecule has 82 valence electrons. The van der Waals surface area contributed by atoms with Crippen molar-refractivity contribution in [3.8, 4) is 5.75 Å². The van der Waals surface area contributed by atoms with E-state index in [1.54, 1.807) is 0 Å². The van der Waals surface area contributed by atoms with E-state index in [1.807, 2.05) is 0 Å². The third kappa shape index (κ3) is 3.01. The average molecular weight is 221 g/mol. The van der Waals surface area contributed by atoms with E-state index in [2.05, 4.69) is 9.72 Å². The van der Waals surface area contributed by atoms with Gasteiger partial charge in [-0.3, -0.25) is 4.79 Å². The minimum absolute atomic E-state index is 0.336. The summed E-state index contributed by atoms with van der Waals surface area (Å²) in [5, 5.41) is 0. The summed E-state index contributed by atoms with van der Waals surface area (Å²) in [6, 6.07) is 0.727. The molecular formula is C7H6F3N3O2. The Morgan fingerprint density at radius 1 is 1.47 bits per heavy atom. The predicted octanol–water partition coefficient (Wildman–Crippen LogP) is 0.661. The zero-order valence-corrected chi connectivity index (χ0v) is 7.21. The second-order valence-corrected chi connectivity index (χ2v) is 2.52. The number of carbonyl (C=O) groups excluding carboxylic acids is 1. The number of hydrogen-bond acceptors (Lipinski definition) is 4. The number of hydrogen-bond donors (Lipinski definition) is 2. The van der Waals surface area contributed by atoms with E-state index in [9.17, 15) is 18.0 Å². The van der Waals surface area contributed by atoms with Crippen LogP contribution in [-0.2, 0) is 0 Å². The summed E-state index contributed by atoms with van der Waals surface area (Å²) in [5.41, 5.74) is 9.28. The number of nitrogens with two attached hydrogens (primary N) is 2. The van der Waals surface area contributed by atoms with Gasteiger partial charge in [0.05, 0.1) is 11.9 Å². The first kappa shape index (κ1) is 11.1. The molecule has 1 heterocycles. The van der Waals surface area contributed by atoms with Gasteiger partial charge in [-0.05, 0) is 0 Å². The maximum atomic E-state index is 11.8. The highest BCUT2D eigenvalue weighted by atomic mass is 19.4. The molecule has 0 saturated heterocycles. The molecule has 0 aliphatic rings. The maximum Gasteiger partial charge on any atom is 0.573 e. The van der Waals surface area contributed by atoms with E-state index < -0.39 is 18.0 Å². The number of primary amides is 1. The highest BCUT2D eigenvalue weighted by Crippen LogP contribution is 2.27. The predicted molar refractivity (Wildman–Crippen MR) is 43.9 cm³/mol.